The average Bonchev–Trinajstić information content (AvgIpc) is 2.39. The van der Waals surface area contributed by atoms with E-state index in [1.165, 1.54) is 11.3 Å². The van der Waals surface area contributed by atoms with Gasteiger partial charge in [0.25, 0.3) is 0 Å². The molecule has 0 spiro atoms. The van der Waals surface area contributed by atoms with E-state index >= 15 is 0 Å². The van der Waals surface area contributed by atoms with E-state index in [-0.39, 0.29) is 0 Å². The van der Waals surface area contributed by atoms with Gasteiger partial charge in [0, 0.05) is 51.3 Å². The Morgan fingerprint density at radius 2 is 2.00 bits per heavy atom. The second-order valence-electron chi connectivity index (χ2n) is 4.84. The molecule has 17 heavy (non-hydrogen) atoms. The topological polar surface area (TPSA) is 44.3 Å². The highest BCUT2D eigenvalue weighted by Gasteiger charge is 2.21. The molecule has 0 unspecified atom stereocenters. The van der Waals surface area contributed by atoms with Crippen LogP contribution in [0.4, 0.5) is 5.82 Å². The van der Waals surface area contributed by atoms with Gasteiger partial charge in [0.05, 0.1) is 5.69 Å². The normalized spacial score (nSPS) is 21.4. The third-order valence-corrected chi connectivity index (χ3v) is 3.66. The second-order valence-corrected chi connectivity index (χ2v) is 4.84. The van der Waals surface area contributed by atoms with Gasteiger partial charge >= 0.3 is 0 Å². The number of aromatic nitrogens is 2. The number of hydrogen-bond acceptors (Lipinski definition) is 5. The highest BCUT2D eigenvalue weighted by atomic mass is 15.3. The van der Waals surface area contributed by atoms with Crippen LogP contribution in [0.1, 0.15) is 11.3 Å². The summed E-state index contributed by atoms with van der Waals surface area (Å²) in [6, 6.07) is 0. The van der Waals surface area contributed by atoms with Crippen molar-refractivity contribution in [2.75, 3.05) is 44.7 Å². The Labute approximate surface area is 102 Å². The van der Waals surface area contributed by atoms with Gasteiger partial charge in [-0.05, 0) is 7.05 Å². The highest BCUT2D eigenvalue weighted by Crippen LogP contribution is 2.23. The Balaban J connectivity index is 1.87. The van der Waals surface area contributed by atoms with Crippen LogP contribution >= 0.6 is 0 Å². The standard InChI is InChI=1S/C12H19N5/c1-16-4-6-17(7-5-16)12-10-8-13-3-2-11(10)14-9-15-12/h9,13H,2-8H2,1H3. The maximum absolute atomic E-state index is 4.50. The van der Waals surface area contributed by atoms with Crippen molar-refractivity contribution in [1.29, 1.82) is 0 Å². The van der Waals surface area contributed by atoms with Crippen molar-refractivity contribution >= 4 is 5.82 Å². The Morgan fingerprint density at radius 3 is 2.82 bits per heavy atom. The van der Waals surface area contributed by atoms with Crippen LogP contribution in [0.15, 0.2) is 6.33 Å². The van der Waals surface area contributed by atoms with Crippen LogP contribution in [0.5, 0.6) is 0 Å². The minimum absolute atomic E-state index is 0.915. The number of piperazine rings is 1. The van der Waals surface area contributed by atoms with Gasteiger partial charge in [-0.1, -0.05) is 0 Å². The number of rotatable bonds is 1. The molecular weight excluding hydrogens is 214 g/mol. The average molecular weight is 233 g/mol. The van der Waals surface area contributed by atoms with Gasteiger partial charge in [-0.25, -0.2) is 9.97 Å². The van der Waals surface area contributed by atoms with Crippen LogP contribution < -0.4 is 10.2 Å². The third-order valence-electron chi connectivity index (χ3n) is 3.66. The summed E-state index contributed by atoms with van der Waals surface area (Å²) in [7, 11) is 2.17. The number of hydrogen-bond donors (Lipinski definition) is 1. The van der Waals surface area contributed by atoms with E-state index in [1.54, 1.807) is 6.33 Å². The van der Waals surface area contributed by atoms with Crippen molar-refractivity contribution in [3.63, 3.8) is 0 Å². The molecule has 2 aliphatic heterocycles. The summed E-state index contributed by atoms with van der Waals surface area (Å²) < 4.78 is 0. The summed E-state index contributed by atoms with van der Waals surface area (Å²) in [4.78, 5) is 13.7. The monoisotopic (exact) mass is 233 g/mol. The number of likely N-dealkylation sites (N-methyl/N-ethyl adjacent to an activating group) is 1. The van der Waals surface area contributed by atoms with Gasteiger partial charge in [0.2, 0.25) is 0 Å². The molecule has 0 atom stereocenters. The predicted octanol–water partition coefficient (Wildman–Crippen LogP) is -0.126. The molecule has 1 aromatic heterocycles. The van der Waals surface area contributed by atoms with Gasteiger partial charge in [0.15, 0.2) is 0 Å². The van der Waals surface area contributed by atoms with E-state index in [1.807, 2.05) is 0 Å². The van der Waals surface area contributed by atoms with Crippen LogP contribution in [0.25, 0.3) is 0 Å². The lowest BCUT2D eigenvalue weighted by Crippen LogP contribution is -2.45. The van der Waals surface area contributed by atoms with Crippen molar-refractivity contribution < 1.29 is 0 Å². The van der Waals surface area contributed by atoms with Crippen LogP contribution in [-0.2, 0) is 13.0 Å². The zero-order valence-corrected chi connectivity index (χ0v) is 10.3. The van der Waals surface area contributed by atoms with Gasteiger partial charge < -0.3 is 15.1 Å². The first kappa shape index (κ1) is 10.9. The molecule has 3 rings (SSSR count). The molecular formula is C12H19N5. The van der Waals surface area contributed by atoms with Crippen molar-refractivity contribution in [1.82, 2.24) is 20.2 Å². The van der Waals surface area contributed by atoms with Gasteiger partial charge in [0.1, 0.15) is 12.1 Å². The molecule has 0 aromatic carbocycles. The Hall–Kier alpha value is -1.20. The van der Waals surface area contributed by atoms with Crippen molar-refractivity contribution in [3.05, 3.63) is 17.6 Å². The first-order chi connectivity index (χ1) is 8.34. The van der Waals surface area contributed by atoms with Gasteiger partial charge in [-0.3, -0.25) is 0 Å². The second kappa shape index (κ2) is 4.58. The minimum atomic E-state index is 0.915. The first-order valence-electron chi connectivity index (χ1n) is 6.31. The van der Waals surface area contributed by atoms with Crippen LogP contribution in [0, 0.1) is 0 Å². The molecule has 5 nitrogen and oxygen atoms in total. The Bertz CT molecular complexity index is 398. The molecule has 1 fully saturated rings. The van der Waals surface area contributed by atoms with Crippen LogP contribution in [0.3, 0.4) is 0 Å². The molecule has 2 aliphatic rings. The molecule has 0 saturated carbocycles. The quantitative estimate of drug-likeness (QED) is 0.732. The van der Waals surface area contributed by atoms with Gasteiger partial charge in [-0.2, -0.15) is 0 Å². The zero-order valence-electron chi connectivity index (χ0n) is 10.3. The predicted molar refractivity (Wildman–Crippen MR) is 67.2 cm³/mol. The number of nitrogens with one attached hydrogen (secondary N) is 1. The largest absolute Gasteiger partial charge is 0.354 e. The lowest BCUT2D eigenvalue weighted by molar-refractivity contribution is 0.311. The Kier molecular flexibility index (Phi) is 2.94. The first-order valence-corrected chi connectivity index (χ1v) is 6.31. The minimum Gasteiger partial charge on any atom is -0.354 e. The molecule has 0 amide bonds. The van der Waals surface area contributed by atoms with E-state index in [0.717, 1.165) is 51.5 Å². The maximum Gasteiger partial charge on any atom is 0.136 e. The lowest BCUT2D eigenvalue weighted by Gasteiger charge is -2.35. The SMILES string of the molecule is CN1CCN(c2ncnc3c2CNCC3)CC1. The molecule has 1 aromatic rings. The zero-order chi connectivity index (χ0) is 11.7. The summed E-state index contributed by atoms with van der Waals surface area (Å²) in [5.74, 6) is 1.15. The molecule has 0 aliphatic carbocycles. The summed E-state index contributed by atoms with van der Waals surface area (Å²) >= 11 is 0. The molecule has 3 heterocycles. The fraction of sp³-hybridized carbons (Fsp3) is 0.667. The van der Waals surface area contributed by atoms with Crippen LogP contribution in [-0.4, -0.2) is 54.6 Å². The molecule has 92 valence electrons. The van der Waals surface area contributed by atoms with Crippen LogP contribution in [0.2, 0.25) is 0 Å². The fourth-order valence-corrected chi connectivity index (χ4v) is 2.55. The smallest absolute Gasteiger partial charge is 0.136 e. The van der Waals surface area contributed by atoms with Crippen molar-refractivity contribution in [2.24, 2.45) is 0 Å². The van der Waals surface area contributed by atoms with E-state index in [9.17, 15) is 0 Å². The highest BCUT2D eigenvalue weighted by molar-refractivity contribution is 5.49. The van der Waals surface area contributed by atoms with E-state index < -0.39 is 0 Å². The maximum atomic E-state index is 4.50. The number of anilines is 1. The molecule has 0 bridgehead atoms. The van der Waals surface area contributed by atoms with E-state index in [0.29, 0.717) is 0 Å². The fourth-order valence-electron chi connectivity index (χ4n) is 2.55. The lowest BCUT2D eigenvalue weighted by atomic mass is 10.1. The summed E-state index contributed by atoms with van der Waals surface area (Å²) in [5, 5.41) is 3.41. The van der Waals surface area contributed by atoms with Crippen molar-refractivity contribution in [2.45, 2.75) is 13.0 Å². The number of fused-ring (bicyclic) bond motifs is 1. The van der Waals surface area contributed by atoms with Gasteiger partial charge in [-0.15, -0.1) is 0 Å². The summed E-state index contributed by atoms with van der Waals surface area (Å²) in [5.41, 5.74) is 2.54. The summed E-state index contributed by atoms with van der Waals surface area (Å²) in [6.07, 6.45) is 2.75. The molecule has 1 saturated heterocycles. The van der Waals surface area contributed by atoms with E-state index in [4.69, 9.17) is 0 Å². The number of nitrogens with zero attached hydrogens (tertiary/aromatic N) is 4. The third kappa shape index (κ3) is 2.12. The Morgan fingerprint density at radius 1 is 1.18 bits per heavy atom. The molecule has 5 heteroatoms. The summed E-state index contributed by atoms with van der Waals surface area (Å²) in [6.45, 7) is 6.32. The van der Waals surface area contributed by atoms with Crippen molar-refractivity contribution in [3.8, 4) is 0 Å². The molecule has 0 radical (unpaired) electrons. The van der Waals surface area contributed by atoms with E-state index in [2.05, 4.69) is 32.1 Å². The molecule has 1 N–H and O–H groups in total.